The lowest BCUT2D eigenvalue weighted by Gasteiger charge is -2.36. The zero-order valence-electron chi connectivity index (χ0n) is 20.9. The Kier molecular flexibility index (Phi) is 6.06. The van der Waals surface area contributed by atoms with E-state index in [1.165, 1.54) is 31.4 Å². The summed E-state index contributed by atoms with van der Waals surface area (Å²) in [6, 6.07) is 22.1. The van der Waals surface area contributed by atoms with Crippen LogP contribution in [-0.4, -0.2) is 41.4 Å². The van der Waals surface area contributed by atoms with Gasteiger partial charge in [0.1, 0.15) is 5.41 Å². The average Bonchev–Trinajstić information content (AvgIpc) is 3.43. The van der Waals surface area contributed by atoms with Gasteiger partial charge < -0.3 is 14.0 Å². The van der Waals surface area contributed by atoms with E-state index in [0.717, 1.165) is 18.0 Å². The fraction of sp³-hybridized carbons (Fsp3) is 0.207. The zero-order valence-corrected chi connectivity index (χ0v) is 20.9. The van der Waals surface area contributed by atoms with Gasteiger partial charge >= 0.3 is 11.9 Å². The van der Waals surface area contributed by atoms with Crippen molar-refractivity contribution < 1.29 is 28.8 Å². The number of carbonyl (C=O) groups is 3. The summed E-state index contributed by atoms with van der Waals surface area (Å²) in [5, 5.41) is 12.1. The van der Waals surface area contributed by atoms with Gasteiger partial charge in [-0.05, 0) is 17.2 Å². The number of hydrogen-bond donors (Lipinski definition) is 0. The van der Waals surface area contributed by atoms with Crippen LogP contribution in [0.2, 0.25) is 0 Å². The number of benzene rings is 3. The number of nitro benzene ring substituents is 1. The molecule has 192 valence electrons. The second-order valence-corrected chi connectivity index (χ2v) is 9.16. The molecular formula is C29H24N2O7. The first-order valence-electron chi connectivity index (χ1n) is 11.9. The molecule has 0 aliphatic heterocycles. The van der Waals surface area contributed by atoms with Crippen LogP contribution < -0.4 is 0 Å². The van der Waals surface area contributed by atoms with Gasteiger partial charge in [0.25, 0.3) is 5.69 Å². The van der Waals surface area contributed by atoms with E-state index in [1.807, 2.05) is 34.9 Å². The minimum absolute atomic E-state index is 0.145. The quantitative estimate of drug-likeness (QED) is 0.165. The molecule has 0 saturated heterocycles. The summed E-state index contributed by atoms with van der Waals surface area (Å²) in [7, 11) is 4.19. The smallest absolute Gasteiger partial charge is 0.375 e. The molecule has 1 aliphatic rings. The fourth-order valence-corrected chi connectivity index (χ4v) is 6.04. The van der Waals surface area contributed by atoms with Gasteiger partial charge in [-0.25, -0.2) is 4.79 Å². The van der Waals surface area contributed by atoms with E-state index >= 15 is 0 Å². The second kappa shape index (κ2) is 9.26. The number of non-ortho nitro benzene ring substituents is 1. The predicted octanol–water partition coefficient (Wildman–Crippen LogP) is 4.17. The fourth-order valence-electron chi connectivity index (χ4n) is 6.04. The second-order valence-electron chi connectivity index (χ2n) is 9.16. The molecule has 1 aliphatic carbocycles. The molecule has 0 bridgehead atoms. The lowest BCUT2D eigenvalue weighted by Crippen LogP contribution is -2.43. The topological polar surface area (TPSA) is 118 Å². The van der Waals surface area contributed by atoms with Crippen LogP contribution in [0.4, 0.5) is 5.69 Å². The summed E-state index contributed by atoms with van der Waals surface area (Å²) in [6.45, 7) is 0. The summed E-state index contributed by atoms with van der Waals surface area (Å²) in [6.07, 6.45) is 0. The van der Waals surface area contributed by atoms with E-state index in [1.54, 1.807) is 31.3 Å². The predicted molar refractivity (Wildman–Crippen MR) is 138 cm³/mol. The van der Waals surface area contributed by atoms with Gasteiger partial charge in [0.15, 0.2) is 0 Å². The number of rotatable bonds is 6. The molecule has 0 radical (unpaired) electrons. The number of methoxy groups -OCH3 is 2. The molecule has 9 heteroatoms. The van der Waals surface area contributed by atoms with Crippen LogP contribution in [0.3, 0.4) is 0 Å². The minimum atomic E-state index is -1.56. The van der Waals surface area contributed by atoms with E-state index < -0.39 is 39.9 Å². The maximum absolute atomic E-state index is 14.2. The number of aromatic nitrogens is 1. The maximum atomic E-state index is 14.2. The van der Waals surface area contributed by atoms with Crippen molar-refractivity contribution in [3.05, 3.63) is 111 Å². The van der Waals surface area contributed by atoms with Crippen LogP contribution in [0.5, 0.6) is 0 Å². The SMILES string of the molecule is COC(=O)C(=O)[C@H]1c2c(c3ccccc3n2C)[C@@](C(=O)OC)(c2ccccc2)[C@@H]1c1ccc([N+](=O)[O-])cc1. The summed E-state index contributed by atoms with van der Waals surface area (Å²) < 4.78 is 12.1. The summed E-state index contributed by atoms with van der Waals surface area (Å²) in [5.41, 5.74) is 1.13. The average molecular weight is 513 g/mol. The number of hydrogen-bond acceptors (Lipinski definition) is 7. The number of nitro groups is 1. The number of nitrogens with zero attached hydrogens (tertiary/aromatic N) is 2. The van der Waals surface area contributed by atoms with Gasteiger partial charge in [-0.15, -0.1) is 0 Å². The van der Waals surface area contributed by atoms with Gasteiger partial charge in [-0.2, -0.15) is 0 Å². The van der Waals surface area contributed by atoms with Crippen molar-refractivity contribution in [1.29, 1.82) is 0 Å². The number of aryl methyl sites for hydroxylation is 1. The Bertz CT molecular complexity index is 1590. The lowest BCUT2D eigenvalue weighted by atomic mass is 9.64. The highest BCUT2D eigenvalue weighted by Crippen LogP contribution is 2.62. The third kappa shape index (κ3) is 3.35. The first-order valence-corrected chi connectivity index (χ1v) is 11.9. The lowest BCUT2D eigenvalue weighted by molar-refractivity contribution is -0.384. The van der Waals surface area contributed by atoms with Crippen LogP contribution in [0, 0.1) is 10.1 Å². The third-order valence-corrected chi connectivity index (χ3v) is 7.51. The van der Waals surface area contributed by atoms with Crippen molar-refractivity contribution in [1.82, 2.24) is 4.57 Å². The van der Waals surface area contributed by atoms with Crippen LogP contribution >= 0.6 is 0 Å². The number of fused-ring (bicyclic) bond motifs is 3. The van der Waals surface area contributed by atoms with Crippen molar-refractivity contribution in [2.75, 3.05) is 14.2 Å². The highest BCUT2D eigenvalue weighted by Gasteiger charge is 2.64. The molecule has 0 spiro atoms. The molecule has 0 saturated carbocycles. The van der Waals surface area contributed by atoms with Crippen LogP contribution in [0.1, 0.15) is 34.2 Å². The Balaban J connectivity index is 1.97. The number of para-hydroxylation sites is 1. The van der Waals surface area contributed by atoms with Gasteiger partial charge in [-0.1, -0.05) is 60.7 Å². The van der Waals surface area contributed by atoms with Crippen molar-refractivity contribution in [2.45, 2.75) is 17.3 Å². The van der Waals surface area contributed by atoms with E-state index in [9.17, 15) is 24.5 Å². The Morgan fingerprint density at radius 3 is 2.13 bits per heavy atom. The molecule has 0 unspecified atom stereocenters. The van der Waals surface area contributed by atoms with Crippen molar-refractivity contribution in [3.8, 4) is 0 Å². The van der Waals surface area contributed by atoms with E-state index in [4.69, 9.17) is 9.47 Å². The monoisotopic (exact) mass is 512 g/mol. The van der Waals surface area contributed by atoms with Crippen LogP contribution in [-0.2, 0) is 36.3 Å². The zero-order chi connectivity index (χ0) is 27.2. The molecular weight excluding hydrogens is 488 g/mol. The standard InChI is InChI=1S/C29H24N2O7/c1-30-21-12-8-7-11-20(21)24-25(30)22(26(32)27(33)37-2)23(17-13-15-19(16-14-17)31(35)36)29(24,28(34)38-3)18-9-5-4-6-10-18/h4-16,22-23H,1-3H3/t22-,23-,29-/m1/s1. The summed E-state index contributed by atoms with van der Waals surface area (Å²) in [4.78, 5) is 51.6. The van der Waals surface area contributed by atoms with E-state index in [-0.39, 0.29) is 5.69 Å². The number of esters is 2. The molecule has 3 atom stereocenters. The van der Waals surface area contributed by atoms with Crippen LogP contribution in [0.15, 0.2) is 78.9 Å². The Hall–Kier alpha value is -4.79. The molecule has 0 amide bonds. The van der Waals surface area contributed by atoms with Gasteiger partial charge in [0.05, 0.1) is 25.1 Å². The maximum Gasteiger partial charge on any atom is 0.375 e. The molecule has 38 heavy (non-hydrogen) atoms. The van der Waals surface area contributed by atoms with Gasteiger partial charge in [0.2, 0.25) is 5.78 Å². The van der Waals surface area contributed by atoms with E-state index in [0.29, 0.717) is 22.4 Å². The van der Waals surface area contributed by atoms with Crippen LogP contribution in [0.25, 0.3) is 10.9 Å². The minimum Gasteiger partial charge on any atom is -0.468 e. The molecule has 9 nitrogen and oxygen atoms in total. The van der Waals surface area contributed by atoms with Gasteiger partial charge in [-0.3, -0.25) is 19.7 Å². The molecule has 0 fully saturated rings. The Labute approximate surface area is 217 Å². The molecule has 1 aromatic heterocycles. The largest absolute Gasteiger partial charge is 0.468 e. The van der Waals surface area contributed by atoms with Gasteiger partial charge in [0, 0.05) is 47.3 Å². The Morgan fingerprint density at radius 2 is 1.53 bits per heavy atom. The number of Topliss-reactive ketones (excluding diaryl/α,β-unsaturated/α-hetero) is 1. The van der Waals surface area contributed by atoms with E-state index in [2.05, 4.69) is 0 Å². The molecule has 0 N–H and O–H groups in total. The first-order chi connectivity index (χ1) is 18.3. The van der Waals surface area contributed by atoms with Crippen molar-refractivity contribution >= 4 is 34.3 Å². The molecule has 1 heterocycles. The van der Waals surface area contributed by atoms with Crippen molar-refractivity contribution in [3.63, 3.8) is 0 Å². The molecule has 3 aromatic carbocycles. The number of ether oxygens (including phenoxy) is 2. The number of ketones is 1. The first kappa shape index (κ1) is 24.9. The normalized spacial score (nSPS) is 20.1. The third-order valence-electron chi connectivity index (χ3n) is 7.51. The summed E-state index contributed by atoms with van der Waals surface area (Å²) in [5.74, 6) is -4.61. The molecule has 5 rings (SSSR count). The molecule has 4 aromatic rings. The Morgan fingerprint density at radius 1 is 0.895 bits per heavy atom. The highest BCUT2D eigenvalue weighted by molar-refractivity contribution is 6.36. The summed E-state index contributed by atoms with van der Waals surface area (Å²) >= 11 is 0. The number of carbonyl (C=O) groups excluding carboxylic acids is 3. The highest BCUT2D eigenvalue weighted by atomic mass is 16.6. The van der Waals surface area contributed by atoms with Crippen molar-refractivity contribution in [2.24, 2.45) is 7.05 Å².